The van der Waals surface area contributed by atoms with Crippen molar-refractivity contribution in [3.8, 4) is 0 Å². The number of carbonyl (C=O) groups excluding carboxylic acids is 1. The van der Waals surface area contributed by atoms with Crippen LogP contribution in [0.15, 0.2) is 30.5 Å². The molecule has 5 nitrogen and oxygen atoms in total. The number of nitrogens with one attached hydrogen (secondary N) is 2. The van der Waals surface area contributed by atoms with Crippen LogP contribution in [0.3, 0.4) is 0 Å². The van der Waals surface area contributed by atoms with Gasteiger partial charge in [0.2, 0.25) is 0 Å². The van der Waals surface area contributed by atoms with Gasteiger partial charge in [-0.25, -0.2) is 9.78 Å². The normalized spacial score (nSPS) is 15.3. The molecular formula is C18H24N4OS. The molecular weight excluding hydrogens is 320 g/mol. The maximum atomic E-state index is 12.1. The van der Waals surface area contributed by atoms with Crippen molar-refractivity contribution in [1.29, 1.82) is 0 Å². The van der Waals surface area contributed by atoms with Gasteiger partial charge in [0.1, 0.15) is 5.01 Å². The fourth-order valence-electron chi connectivity index (χ4n) is 2.94. The first-order chi connectivity index (χ1) is 11.6. The third-order valence-electron chi connectivity index (χ3n) is 4.26. The zero-order valence-electron chi connectivity index (χ0n) is 14.2. The molecule has 2 amide bonds. The van der Waals surface area contributed by atoms with E-state index in [2.05, 4.69) is 44.8 Å². The Labute approximate surface area is 147 Å². The molecule has 128 valence electrons. The Bertz CT molecular complexity index is 694. The minimum atomic E-state index is -0.165. The number of anilines is 1. The fraction of sp³-hybridized carbons (Fsp3) is 0.444. The van der Waals surface area contributed by atoms with Crippen LogP contribution in [0.5, 0.6) is 0 Å². The summed E-state index contributed by atoms with van der Waals surface area (Å²) in [4.78, 5) is 19.9. The average molecular weight is 344 g/mol. The molecule has 6 heteroatoms. The van der Waals surface area contributed by atoms with Gasteiger partial charge in [-0.3, -0.25) is 0 Å². The molecule has 1 unspecified atom stereocenters. The van der Waals surface area contributed by atoms with Gasteiger partial charge in [-0.05, 0) is 44.4 Å². The summed E-state index contributed by atoms with van der Waals surface area (Å²) < 4.78 is 0. The molecule has 1 aliphatic rings. The molecule has 24 heavy (non-hydrogen) atoms. The summed E-state index contributed by atoms with van der Waals surface area (Å²) in [5.41, 5.74) is 2.37. The standard InChI is InChI=1S/C18H24N4OS/c1-13-11-19-17(24-13)12-20-18(23)21-14(2)15-6-5-7-16(10-15)22-8-3-4-9-22/h5-7,10-11,14H,3-4,8-9,12H2,1-2H3,(H2,20,21,23). The third kappa shape index (κ3) is 4.26. The molecule has 2 aromatic rings. The SMILES string of the molecule is Cc1cnc(CNC(=O)NC(C)c2cccc(N3CCCC3)c2)s1. The predicted molar refractivity (Wildman–Crippen MR) is 98.5 cm³/mol. The Morgan fingerprint density at radius 3 is 2.88 bits per heavy atom. The first-order valence-electron chi connectivity index (χ1n) is 8.42. The quantitative estimate of drug-likeness (QED) is 0.871. The van der Waals surface area contributed by atoms with E-state index in [0.29, 0.717) is 6.54 Å². The van der Waals surface area contributed by atoms with Crippen LogP contribution < -0.4 is 15.5 Å². The lowest BCUT2D eigenvalue weighted by Crippen LogP contribution is -2.36. The number of carbonyl (C=O) groups is 1. The van der Waals surface area contributed by atoms with Gasteiger partial charge >= 0.3 is 6.03 Å². The zero-order chi connectivity index (χ0) is 16.9. The Kier molecular flexibility index (Phi) is 5.35. The van der Waals surface area contributed by atoms with Crippen molar-refractivity contribution in [2.75, 3.05) is 18.0 Å². The van der Waals surface area contributed by atoms with Crippen LogP contribution >= 0.6 is 11.3 Å². The summed E-state index contributed by atoms with van der Waals surface area (Å²) >= 11 is 1.60. The molecule has 1 fully saturated rings. The van der Waals surface area contributed by atoms with Crippen molar-refractivity contribution >= 4 is 23.1 Å². The molecule has 1 aliphatic heterocycles. The number of benzene rings is 1. The molecule has 1 saturated heterocycles. The van der Waals surface area contributed by atoms with Crippen molar-refractivity contribution in [1.82, 2.24) is 15.6 Å². The molecule has 0 spiro atoms. The van der Waals surface area contributed by atoms with Crippen molar-refractivity contribution < 1.29 is 4.79 Å². The van der Waals surface area contributed by atoms with Gasteiger partial charge in [0, 0.05) is 29.9 Å². The monoisotopic (exact) mass is 344 g/mol. The van der Waals surface area contributed by atoms with Crippen molar-refractivity contribution in [2.45, 2.75) is 39.3 Å². The van der Waals surface area contributed by atoms with E-state index in [1.165, 1.54) is 18.5 Å². The Morgan fingerprint density at radius 1 is 1.38 bits per heavy atom. The van der Waals surface area contributed by atoms with E-state index in [1.54, 1.807) is 11.3 Å². The number of amides is 2. The van der Waals surface area contributed by atoms with Crippen LogP contribution in [-0.2, 0) is 6.54 Å². The molecule has 2 N–H and O–H groups in total. The smallest absolute Gasteiger partial charge is 0.315 e. The van der Waals surface area contributed by atoms with Crippen molar-refractivity contribution in [3.63, 3.8) is 0 Å². The highest BCUT2D eigenvalue weighted by Crippen LogP contribution is 2.23. The number of hydrogen-bond acceptors (Lipinski definition) is 4. The van der Waals surface area contributed by atoms with Gasteiger partial charge < -0.3 is 15.5 Å². The second-order valence-corrected chi connectivity index (χ2v) is 7.52. The number of aryl methyl sites for hydroxylation is 1. The summed E-state index contributed by atoms with van der Waals surface area (Å²) in [6.45, 7) is 6.73. The maximum absolute atomic E-state index is 12.1. The molecule has 1 aromatic carbocycles. The van der Waals surface area contributed by atoms with E-state index in [0.717, 1.165) is 28.5 Å². The summed E-state index contributed by atoms with van der Waals surface area (Å²) in [5, 5.41) is 6.79. The van der Waals surface area contributed by atoms with Gasteiger partial charge in [-0.1, -0.05) is 12.1 Å². The lowest BCUT2D eigenvalue weighted by atomic mass is 10.1. The van der Waals surface area contributed by atoms with Gasteiger partial charge in [0.05, 0.1) is 12.6 Å². The lowest BCUT2D eigenvalue weighted by Gasteiger charge is -2.20. The molecule has 0 bridgehead atoms. The second kappa shape index (κ2) is 7.66. The van der Waals surface area contributed by atoms with Crippen LogP contribution in [0.25, 0.3) is 0 Å². The summed E-state index contributed by atoms with van der Waals surface area (Å²) in [7, 11) is 0. The number of rotatable bonds is 5. The molecule has 1 aromatic heterocycles. The highest BCUT2D eigenvalue weighted by Gasteiger charge is 2.15. The summed E-state index contributed by atoms with van der Waals surface area (Å²) in [6.07, 6.45) is 4.35. The zero-order valence-corrected chi connectivity index (χ0v) is 15.0. The second-order valence-electron chi connectivity index (χ2n) is 6.20. The van der Waals surface area contributed by atoms with E-state index in [4.69, 9.17) is 0 Å². The fourth-order valence-corrected chi connectivity index (χ4v) is 3.66. The Balaban J connectivity index is 1.54. The minimum absolute atomic E-state index is 0.0365. The maximum Gasteiger partial charge on any atom is 0.315 e. The highest BCUT2D eigenvalue weighted by atomic mass is 32.1. The number of nitrogens with zero attached hydrogens (tertiary/aromatic N) is 2. The number of aromatic nitrogens is 1. The largest absolute Gasteiger partial charge is 0.372 e. The van der Waals surface area contributed by atoms with Crippen molar-refractivity contribution in [2.24, 2.45) is 0 Å². The molecule has 2 heterocycles. The van der Waals surface area contributed by atoms with Crippen molar-refractivity contribution in [3.05, 3.63) is 45.9 Å². The Hall–Kier alpha value is -2.08. The highest BCUT2D eigenvalue weighted by molar-refractivity contribution is 7.11. The van der Waals surface area contributed by atoms with E-state index in [-0.39, 0.29) is 12.1 Å². The predicted octanol–water partition coefficient (Wildman–Crippen LogP) is 3.61. The van der Waals surface area contributed by atoms with E-state index < -0.39 is 0 Å². The first-order valence-corrected chi connectivity index (χ1v) is 9.24. The van der Waals surface area contributed by atoms with E-state index >= 15 is 0 Å². The summed E-state index contributed by atoms with van der Waals surface area (Å²) in [6, 6.07) is 8.26. The van der Waals surface area contributed by atoms with Gasteiger partial charge in [-0.2, -0.15) is 0 Å². The molecule has 3 rings (SSSR count). The first kappa shape index (κ1) is 16.8. The third-order valence-corrected chi connectivity index (χ3v) is 5.17. The summed E-state index contributed by atoms with van der Waals surface area (Å²) in [5.74, 6) is 0. The number of thiazole rings is 1. The van der Waals surface area contributed by atoms with Gasteiger partial charge in [0.25, 0.3) is 0 Å². The molecule has 0 aliphatic carbocycles. The van der Waals surface area contributed by atoms with Gasteiger partial charge in [-0.15, -0.1) is 11.3 Å². The Morgan fingerprint density at radius 2 is 2.17 bits per heavy atom. The van der Waals surface area contributed by atoms with Crippen LogP contribution in [-0.4, -0.2) is 24.1 Å². The molecule has 1 atom stereocenters. The molecule has 0 saturated carbocycles. The average Bonchev–Trinajstić information content (AvgIpc) is 3.24. The van der Waals surface area contributed by atoms with Crippen LogP contribution in [0, 0.1) is 6.92 Å². The minimum Gasteiger partial charge on any atom is -0.372 e. The molecule has 0 radical (unpaired) electrons. The lowest BCUT2D eigenvalue weighted by molar-refractivity contribution is 0.237. The van der Waals surface area contributed by atoms with Crippen LogP contribution in [0.4, 0.5) is 10.5 Å². The number of urea groups is 1. The van der Waals surface area contributed by atoms with E-state index in [1.807, 2.05) is 20.0 Å². The van der Waals surface area contributed by atoms with E-state index in [9.17, 15) is 4.79 Å². The van der Waals surface area contributed by atoms with Gasteiger partial charge in [0.15, 0.2) is 0 Å². The topological polar surface area (TPSA) is 57.3 Å². The number of hydrogen-bond donors (Lipinski definition) is 2. The van der Waals surface area contributed by atoms with Crippen LogP contribution in [0.2, 0.25) is 0 Å². The van der Waals surface area contributed by atoms with Crippen LogP contribution in [0.1, 0.15) is 41.3 Å².